The van der Waals surface area contributed by atoms with Crippen molar-refractivity contribution in [3.05, 3.63) is 58.9 Å². The summed E-state index contributed by atoms with van der Waals surface area (Å²) in [6, 6.07) is 9.81. The average Bonchev–Trinajstić information content (AvgIpc) is 2.48. The van der Waals surface area contributed by atoms with E-state index in [0.29, 0.717) is 6.42 Å². The first-order chi connectivity index (χ1) is 9.63. The van der Waals surface area contributed by atoms with Gasteiger partial charge in [-0.25, -0.2) is 0 Å². The van der Waals surface area contributed by atoms with Crippen molar-refractivity contribution in [2.45, 2.75) is 32.8 Å². The maximum Gasteiger partial charge on any atom is 0.127 e. The van der Waals surface area contributed by atoms with E-state index in [1.54, 1.807) is 13.3 Å². The van der Waals surface area contributed by atoms with Crippen molar-refractivity contribution in [3.63, 3.8) is 0 Å². The van der Waals surface area contributed by atoms with Gasteiger partial charge in [-0.3, -0.25) is 4.98 Å². The predicted octanol–water partition coefficient (Wildman–Crippen LogP) is 3.37. The summed E-state index contributed by atoms with van der Waals surface area (Å²) in [7, 11) is 1.65. The van der Waals surface area contributed by atoms with Gasteiger partial charge in [0.2, 0.25) is 0 Å². The molecule has 0 amide bonds. The summed E-state index contributed by atoms with van der Waals surface area (Å²) >= 11 is 0. The fraction of sp³-hybridized carbons (Fsp3) is 0.353. The van der Waals surface area contributed by atoms with E-state index in [4.69, 9.17) is 4.74 Å². The third kappa shape index (κ3) is 3.17. The van der Waals surface area contributed by atoms with Crippen LogP contribution in [0, 0.1) is 13.8 Å². The number of aliphatic hydroxyl groups excluding tert-OH is 1. The van der Waals surface area contributed by atoms with Crippen molar-refractivity contribution in [1.29, 1.82) is 0 Å². The number of hydrogen-bond acceptors (Lipinski definition) is 3. The van der Waals surface area contributed by atoms with Gasteiger partial charge < -0.3 is 9.84 Å². The van der Waals surface area contributed by atoms with Crippen LogP contribution in [-0.4, -0.2) is 17.2 Å². The van der Waals surface area contributed by atoms with Gasteiger partial charge in [0.25, 0.3) is 0 Å². The second-order valence-electron chi connectivity index (χ2n) is 5.01. The molecule has 1 heterocycles. The minimum absolute atomic E-state index is 0.536. The Labute approximate surface area is 120 Å². The Morgan fingerprint density at radius 3 is 2.65 bits per heavy atom. The van der Waals surface area contributed by atoms with Gasteiger partial charge in [-0.15, -0.1) is 0 Å². The number of methoxy groups -OCH3 is 1. The molecule has 0 saturated carbocycles. The topological polar surface area (TPSA) is 42.4 Å². The highest BCUT2D eigenvalue weighted by Crippen LogP contribution is 2.32. The third-order valence-corrected chi connectivity index (χ3v) is 3.67. The molecule has 2 aromatic rings. The van der Waals surface area contributed by atoms with E-state index < -0.39 is 6.10 Å². The molecule has 1 aromatic carbocycles. The van der Waals surface area contributed by atoms with E-state index >= 15 is 0 Å². The van der Waals surface area contributed by atoms with E-state index in [0.717, 1.165) is 29.0 Å². The molecule has 0 aliphatic rings. The molecular formula is C17H21NO2. The lowest BCUT2D eigenvalue weighted by Gasteiger charge is -2.17. The van der Waals surface area contributed by atoms with Gasteiger partial charge in [-0.05, 0) is 49.9 Å². The summed E-state index contributed by atoms with van der Waals surface area (Å²) in [6.07, 6.45) is 2.62. The first-order valence-corrected chi connectivity index (χ1v) is 6.85. The summed E-state index contributed by atoms with van der Waals surface area (Å²) in [5.74, 6) is 0.790. The summed E-state index contributed by atoms with van der Waals surface area (Å²) in [5, 5.41) is 10.4. The lowest BCUT2D eigenvalue weighted by molar-refractivity contribution is 0.163. The monoisotopic (exact) mass is 271 g/mol. The molecule has 106 valence electrons. The van der Waals surface area contributed by atoms with Crippen molar-refractivity contribution in [2.75, 3.05) is 7.11 Å². The van der Waals surface area contributed by atoms with Crippen LogP contribution in [0.15, 0.2) is 36.5 Å². The number of aryl methyl sites for hydroxylation is 2. The van der Waals surface area contributed by atoms with E-state index in [1.165, 1.54) is 5.56 Å². The highest BCUT2D eigenvalue weighted by Gasteiger charge is 2.16. The lowest BCUT2D eigenvalue weighted by Crippen LogP contribution is -2.05. The fourth-order valence-corrected chi connectivity index (χ4v) is 2.33. The van der Waals surface area contributed by atoms with Crippen molar-refractivity contribution in [3.8, 4) is 5.75 Å². The van der Waals surface area contributed by atoms with Crippen LogP contribution >= 0.6 is 0 Å². The van der Waals surface area contributed by atoms with Gasteiger partial charge in [0.05, 0.1) is 13.2 Å². The molecule has 3 nitrogen and oxygen atoms in total. The van der Waals surface area contributed by atoms with Gasteiger partial charge in [-0.2, -0.15) is 0 Å². The van der Waals surface area contributed by atoms with Crippen LogP contribution in [-0.2, 0) is 6.42 Å². The van der Waals surface area contributed by atoms with E-state index in [9.17, 15) is 5.11 Å². The molecule has 1 unspecified atom stereocenters. The van der Waals surface area contributed by atoms with Gasteiger partial charge in [0.1, 0.15) is 5.75 Å². The van der Waals surface area contributed by atoms with Gasteiger partial charge in [0, 0.05) is 17.5 Å². The summed E-state index contributed by atoms with van der Waals surface area (Å²) in [5.41, 5.74) is 4.10. The Morgan fingerprint density at radius 2 is 2.00 bits per heavy atom. The molecule has 2 rings (SSSR count). The van der Waals surface area contributed by atoms with E-state index in [-0.39, 0.29) is 0 Å². The Hall–Kier alpha value is -1.87. The highest BCUT2D eigenvalue weighted by atomic mass is 16.5. The van der Waals surface area contributed by atoms with Crippen LogP contribution in [0.25, 0.3) is 0 Å². The molecule has 0 aliphatic heterocycles. The molecule has 0 spiro atoms. The zero-order valence-corrected chi connectivity index (χ0v) is 12.3. The molecule has 0 aliphatic carbocycles. The minimum atomic E-state index is -0.536. The summed E-state index contributed by atoms with van der Waals surface area (Å²) < 4.78 is 5.45. The average molecular weight is 271 g/mol. The lowest BCUT2D eigenvalue weighted by atomic mass is 9.97. The number of benzene rings is 1. The second-order valence-corrected chi connectivity index (χ2v) is 5.01. The molecule has 1 N–H and O–H groups in total. The Morgan fingerprint density at radius 1 is 1.20 bits per heavy atom. The van der Waals surface area contributed by atoms with Crippen LogP contribution in [0.1, 0.15) is 34.9 Å². The number of nitrogens with zero attached hydrogens (tertiary/aromatic N) is 1. The van der Waals surface area contributed by atoms with Crippen molar-refractivity contribution < 1.29 is 9.84 Å². The normalized spacial score (nSPS) is 12.2. The quantitative estimate of drug-likeness (QED) is 0.906. The number of ether oxygens (including phenoxy) is 1. The van der Waals surface area contributed by atoms with Gasteiger partial charge >= 0.3 is 0 Å². The predicted molar refractivity (Wildman–Crippen MR) is 80.0 cm³/mol. The van der Waals surface area contributed by atoms with Crippen LogP contribution in [0.5, 0.6) is 5.75 Å². The molecule has 0 bridgehead atoms. The van der Waals surface area contributed by atoms with E-state index in [2.05, 4.69) is 4.98 Å². The number of hydrogen-bond donors (Lipinski definition) is 1. The van der Waals surface area contributed by atoms with Gasteiger partial charge in [-0.1, -0.05) is 18.2 Å². The SMILES string of the molecule is COc1c(C(O)CCc2ccccn2)ccc(C)c1C. The maximum atomic E-state index is 10.4. The Bertz CT molecular complexity index is 567. The van der Waals surface area contributed by atoms with Crippen LogP contribution in [0.3, 0.4) is 0 Å². The number of aromatic nitrogens is 1. The molecule has 20 heavy (non-hydrogen) atoms. The first kappa shape index (κ1) is 14.5. The molecular weight excluding hydrogens is 250 g/mol. The fourth-order valence-electron chi connectivity index (χ4n) is 2.33. The van der Waals surface area contributed by atoms with Crippen molar-refractivity contribution in [1.82, 2.24) is 4.98 Å². The number of rotatable bonds is 5. The van der Waals surface area contributed by atoms with E-state index in [1.807, 2.05) is 44.2 Å². The minimum Gasteiger partial charge on any atom is -0.496 e. The zero-order valence-electron chi connectivity index (χ0n) is 12.3. The second kappa shape index (κ2) is 6.53. The van der Waals surface area contributed by atoms with Crippen LogP contribution in [0.4, 0.5) is 0 Å². The summed E-state index contributed by atoms with van der Waals surface area (Å²) in [4.78, 5) is 4.28. The number of aliphatic hydroxyl groups is 1. The molecule has 0 fully saturated rings. The third-order valence-electron chi connectivity index (χ3n) is 3.67. The smallest absolute Gasteiger partial charge is 0.127 e. The molecule has 0 radical (unpaired) electrons. The molecule has 1 aromatic heterocycles. The standard InChI is InChI=1S/C17H21NO2/c1-12-7-9-15(17(20-3)13(12)2)16(19)10-8-14-6-4-5-11-18-14/h4-7,9,11,16,19H,8,10H2,1-3H3. The van der Waals surface area contributed by atoms with Crippen LogP contribution in [0.2, 0.25) is 0 Å². The molecule has 1 atom stereocenters. The first-order valence-electron chi connectivity index (χ1n) is 6.85. The van der Waals surface area contributed by atoms with Gasteiger partial charge in [0.15, 0.2) is 0 Å². The molecule has 0 saturated heterocycles. The van der Waals surface area contributed by atoms with Crippen LogP contribution < -0.4 is 4.74 Å². The summed E-state index contributed by atoms with van der Waals surface area (Å²) in [6.45, 7) is 4.06. The highest BCUT2D eigenvalue weighted by molar-refractivity contribution is 5.46. The van der Waals surface area contributed by atoms with Crippen molar-refractivity contribution in [2.24, 2.45) is 0 Å². The van der Waals surface area contributed by atoms with Crippen molar-refractivity contribution >= 4 is 0 Å². The Kier molecular flexibility index (Phi) is 4.74. The Balaban J connectivity index is 2.13. The number of pyridine rings is 1. The maximum absolute atomic E-state index is 10.4. The zero-order chi connectivity index (χ0) is 14.5. The molecule has 3 heteroatoms. The largest absolute Gasteiger partial charge is 0.496 e.